The number of nitrogen functional groups attached to an aromatic ring is 1. The molecule has 2 unspecified atom stereocenters. The van der Waals surface area contributed by atoms with Crippen molar-refractivity contribution in [3.63, 3.8) is 0 Å². The Bertz CT molecular complexity index is 682. The molecule has 0 spiro atoms. The minimum atomic E-state index is 0.563. The normalized spacial score (nSPS) is 25.4. The Kier molecular flexibility index (Phi) is 3.00. The molecule has 2 saturated heterocycles. The van der Waals surface area contributed by atoms with E-state index in [1.807, 2.05) is 19.2 Å². The van der Waals surface area contributed by atoms with Crippen LogP contribution in [0.4, 0.5) is 11.4 Å². The zero-order valence-electron chi connectivity index (χ0n) is 12.5. The van der Waals surface area contributed by atoms with Gasteiger partial charge in [0.2, 0.25) is 0 Å². The molecule has 110 valence electrons. The summed E-state index contributed by atoms with van der Waals surface area (Å²) in [7, 11) is 0. The first-order chi connectivity index (χ1) is 10.2. The summed E-state index contributed by atoms with van der Waals surface area (Å²) in [5.74, 6) is 0. The van der Waals surface area contributed by atoms with Crippen LogP contribution in [-0.4, -0.2) is 35.1 Å². The molecule has 2 aliphatic rings. The van der Waals surface area contributed by atoms with Crippen molar-refractivity contribution in [2.24, 2.45) is 0 Å². The summed E-state index contributed by atoms with van der Waals surface area (Å²) in [6.07, 6.45) is 5.79. The lowest BCUT2D eigenvalue weighted by atomic mass is 10.0. The Morgan fingerprint density at radius 3 is 3.05 bits per heavy atom. The second kappa shape index (κ2) is 4.88. The number of fused-ring (bicyclic) bond motifs is 2. The molecule has 0 amide bonds. The predicted octanol–water partition coefficient (Wildman–Crippen LogP) is 2.77. The average molecular weight is 282 g/mol. The summed E-state index contributed by atoms with van der Waals surface area (Å²) in [6.45, 7) is 4.53. The monoisotopic (exact) mass is 282 g/mol. The molecule has 1 aromatic heterocycles. The molecule has 3 N–H and O–H groups in total. The van der Waals surface area contributed by atoms with E-state index in [9.17, 15) is 0 Å². The number of nitrogens with two attached hydrogens (primary N) is 1. The van der Waals surface area contributed by atoms with Crippen LogP contribution < -0.4 is 11.1 Å². The van der Waals surface area contributed by atoms with Gasteiger partial charge in [-0.05, 0) is 50.9 Å². The largest absolute Gasteiger partial charge is 0.398 e. The Hall–Kier alpha value is -1.81. The van der Waals surface area contributed by atoms with E-state index in [-0.39, 0.29) is 0 Å². The van der Waals surface area contributed by atoms with Crippen molar-refractivity contribution in [3.05, 3.63) is 30.1 Å². The maximum absolute atomic E-state index is 6.09. The second-order valence-electron chi connectivity index (χ2n) is 6.36. The number of hydrogen-bond acceptors (Lipinski definition) is 4. The fourth-order valence-electron chi connectivity index (χ4n) is 3.94. The molecule has 2 fully saturated rings. The van der Waals surface area contributed by atoms with E-state index < -0.39 is 0 Å². The number of aromatic nitrogens is 1. The van der Waals surface area contributed by atoms with Gasteiger partial charge in [0.1, 0.15) is 0 Å². The first-order valence-corrected chi connectivity index (χ1v) is 7.88. The van der Waals surface area contributed by atoms with E-state index in [0.29, 0.717) is 12.1 Å². The molecule has 4 nitrogen and oxygen atoms in total. The maximum atomic E-state index is 6.09. The van der Waals surface area contributed by atoms with Crippen LogP contribution in [0.2, 0.25) is 0 Å². The van der Waals surface area contributed by atoms with E-state index in [2.05, 4.69) is 27.3 Å². The van der Waals surface area contributed by atoms with Gasteiger partial charge in [0.05, 0.1) is 0 Å². The lowest BCUT2D eigenvalue weighted by molar-refractivity contribution is 0.318. The maximum Gasteiger partial charge on any atom is 0.0429 e. The van der Waals surface area contributed by atoms with Crippen LogP contribution in [-0.2, 0) is 0 Å². The van der Waals surface area contributed by atoms with Gasteiger partial charge in [0, 0.05) is 52.7 Å². The quantitative estimate of drug-likeness (QED) is 0.832. The molecule has 2 aromatic rings. The lowest BCUT2D eigenvalue weighted by Gasteiger charge is -2.23. The SMILES string of the molecule is Cc1cc2c(NC3CCN4CCCC34)ccc(N)c2cn1. The Labute approximate surface area is 125 Å². The number of nitrogens with zero attached hydrogens (tertiary/aromatic N) is 2. The molecule has 0 saturated carbocycles. The highest BCUT2D eigenvalue weighted by molar-refractivity contribution is 6.00. The minimum Gasteiger partial charge on any atom is -0.398 e. The van der Waals surface area contributed by atoms with Gasteiger partial charge in [0.15, 0.2) is 0 Å². The van der Waals surface area contributed by atoms with Crippen molar-refractivity contribution in [1.29, 1.82) is 0 Å². The van der Waals surface area contributed by atoms with Gasteiger partial charge in [-0.25, -0.2) is 0 Å². The summed E-state index contributed by atoms with van der Waals surface area (Å²) in [6, 6.07) is 7.51. The van der Waals surface area contributed by atoms with E-state index in [4.69, 9.17) is 5.73 Å². The van der Waals surface area contributed by atoms with Crippen LogP contribution in [0.3, 0.4) is 0 Å². The van der Waals surface area contributed by atoms with Gasteiger partial charge in [-0.2, -0.15) is 0 Å². The summed E-state index contributed by atoms with van der Waals surface area (Å²) in [5, 5.41) is 6.03. The predicted molar refractivity (Wildman–Crippen MR) is 87.5 cm³/mol. The van der Waals surface area contributed by atoms with Crippen LogP contribution in [0.1, 0.15) is 25.0 Å². The van der Waals surface area contributed by atoms with Crippen molar-refractivity contribution < 1.29 is 0 Å². The van der Waals surface area contributed by atoms with Crippen LogP contribution in [0.5, 0.6) is 0 Å². The van der Waals surface area contributed by atoms with Gasteiger partial charge in [-0.1, -0.05) is 0 Å². The molecule has 4 heteroatoms. The van der Waals surface area contributed by atoms with E-state index in [1.165, 1.54) is 43.4 Å². The molecule has 0 bridgehead atoms. The Balaban J connectivity index is 1.70. The van der Waals surface area contributed by atoms with Crippen LogP contribution >= 0.6 is 0 Å². The number of nitrogens with one attached hydrogen (secondary N) is 1. The highest BCUT2D eigenvalue weighted by atomic mass is 15.2. The number of anilines is 2. The van der Waals surface area contributed by atoms with Crippen LogP contribution in [0.25, 0.3) is 10.8 Å². The van der Waals surface area contributed by atoms with Gasteiger partial charge in [-0.3, -0.25) is 9.88 Å². The fraction of sp³-hybridized carbons (Fsp3) is 0.471. The van der Waals surface area contributed by atoms with Crippen molar-refractivity contribution in [2.45, 2.75) is 38.3 Å². The summed E-state index contributed by atoms with van der Waals surface area (Å²) in [4.78, 5) is 7.01. The molecule has 0 radical (unpaired) electrons. The molecule has 0 aliphatic carbocycles. The molecule has 1 aromatic carbocycles. The standard InChI is InChI=1S/C17H22N4/c1-11-9-12-13(10-19-11)14(18)4-5-15(12)20-16-6-8-21-7-2-3-17(16)21/h4-5,9-10,16-17,20H,2-3,6-8,18H2,1H3. The first kappa shape index (κ1) is 12.9. The van der Waals surface area contributed by atoms with Crippen molar-refractivity contribution in [1.82, 2.24) is 9.88 Å². The molecular weight excluding hydrogens is 260 g/mol. The number of benzene rings is 1. The fourth-order valence-corrected chi connectivity index (χ4v) is 3.94. The summed E-state index contributed by atoms with van der Waals surface area (Å²) < 4.78 is 0. The topological polar surface area (TPSA) is 54.2 Å². The first-order valence-electron chi connectivity index (χ1n) is 7.88. The number of aryl methyl sites for hydroxylation is 1. The smallest absolute Gasteiger partial charge is 0.0429 e. The van der Waals surface area contributed by atoms with E-state index in [1.54, 1.807) is 0 Å². The third-order valence-corrected chi connectivity index (χ3v) is 5.02. The van der Waals surface area contributed by atoms with Gasteiger partial charge < -0.3 is 11.1 Å². The van der Waals surface area contributed by atoms with Crippen LogP contribution in [0.15, 0.2) is 24.4 Å². The number of hydrogen-bond donors (Lipinski definition) is 2. The minimum absolute atomic E-state index is 0.563. The van der Waals surface area contributed by atoms with Crippen molar-refractivity contribution in [2.75, 3.05) is 24.1 Å². The molecule has 3 heterocycles. The summed E-state index contributed by atoms with van der Waals surface area (Å²) >= 11 is 0. The van der Waals surface area contributed by atoms with E-state index in [0.717, 1.165) is 16.8 Å². The zero-order chi connectivity index (χ0) is 14.4. The third kappa shape index (κ3) is 2.14. The Morgan fingerprint density at radius 1 is 1.24 bits per heavy atom. The number of pyridine rings is 1. The summed E-state index contributed by atoms with van der Waals surface area (Å²) in [5.41, 5.74) is 9.13. The molecule has 2 aliphatic heterocycles. The van der Waals surface area contributed by atoms with E-state index >= 15 is 0 Å². The van der Waals surface area contributed by atoms with Gasteiger partial charge >= 0.3 is 0 Å². The highest BCUT2D eigenvalue weighted by Crippen LogP contribution is 2.33. The number of rotatable bonds is 2. The van der Waals surface area contributed by atoms with Crippen molar-refractivity contribution >= 4 is 22.1 Å². The van der Waals surface area contributed by atoms with Crippen molar-refractivity contribution in [3.8, 4) is 0 Å². The highest BCUT2D eigenvalue weighted by Gasteiger charge is 2.37. The molecular formula is C17H22N4. The van der Waals surface area contributed by atoms with Gasteiger partial charge in [0.25, 0.3) is 0 Å². The average Bonchev–Trinajstić information content (AvgIpc) is 3.06. The zero-order valence-corrected chi connectivity index (χ0v) is 12.5. The Morgan fingerprint density at radius 2 is 2.14 bits per heavy atom. The molecule has 21 heavy (non-hydrogen) atoms. The molecule has 4 rings (SSSR count). The lowest BCUT2D eigenvalue weighted by Crippen LogP contribution is -2.33. The third-order valence-electron chi connectivity index (χ3n) is 5.02. The second-order valence-corrected chi connectivity index (χ2v) is 6.36. The molecule has 2 atom stereocenters. The van der Waals surface area contributed by atoms with Crippen LogP contribution in [0, 0.1) is 6.92 Å². The van der Waals surface area contributed by atoms with Gasteiger partial charge in [-0.15, -0.1) is 0 Å².